The van der Waals surface area contributed by atoms with E-state index in [0.717, 1.165) is 44.2 Å². The van der Waals surface area contributed by atoms with E-state index in [9.17, 15) is 9.18 Å². The average Bonchev–Trinajstić information content (AvgIpc) is 3.28. The van der Waals surface area contributed by atoms with Crippen LogP contribution >= 0.6 is 11.8 Å². The fourth-order valence-electron chi connectivity index (χ4n) is 4.82. The van der Waals surface area contributed by atoms with Gasteiger partial charge in [-0.1, -0.05) is 88.4 Å². The number of rotatable bonds is 7. The van der Waals surface area contributed by atoms with Crippen molar-refractivity contribution in [3.05, 3.63) is 95.8 Å². The minimum atomic E-state index is -0.833. The lowest BCUT2D eigenvalue weighted by atomic mass is 9.80. The smallest absolute Gasteiger partial charge is 0.307 e. The van der Waals surface area contributed by atoms with Gasteiger partial charge in [0.1, 0.15) is 17.0 Å². The van der Waals surface area contributed by atoms with E-state index < -0.39 is 11.9 Å². The summed E-state index contributed by atoms with van der Waals surface area (Å²) in [6.07, 6.45) is 0. The van der Waals surface area contributed by atoms with Crippen LogP contribution in [0, 0.1) is 11.7 Å². The predicted octanol–water partition coefficient (Wildman–Crippen LogP) is 9.31. The SMILES string of the molecule is CC(CSCc1cc(-c2ccc(-c3cccc4c3oc3ccccc34)c(C(C)(C)C)c2)ccc1F)C(=O)O. The molecule has 5 rings (SSSR count). The summed E-state index contributed by atoms with van der Waals surface area (Å²) in [5.41, 5.74) is 7.49. The number of fused-ring (bicyclic) bond motifs is 3. The molecule has 0 aliphatic heterocycles. The normalized spacial score (nSPS) is 12.8. The van der Waals surface area contributed by atoms with Crippen molar-refractivity contribution < 1.29 is 18.7 Å². The van der Waals surface area contributed by atoms with Crippen molar-refractivity contribution in [3.8, 4) is 22.3 Å². The van der Waals surface area contributed by atoms with E-state index in [0.29, 0.717) is 17.1 Å². The molecule has 5 heteroatoms. The summed E-state index contributed by atoms with van der Waals surface area (Å²) >= 11 is 1.44. The van der Waals surface area contributed by atoms with Crippen molar-refractivity contribution >= 4 is 39.7 Å². The number of thioether (sulfide) groups is 1. The molecule has 1 unspecified atom stereocenters. The van der Waals surface area contributed by atoms with Crippen LogP contribution in [0.5, 0.6) is 0 Å². The molecule has 0 fully saturated rings. The molecule has 4 aromatic carbocycles. The summed E-state index contributed by atoms with van der Waals surface area (Å²) in [4.78, 5) is 11.1. The van der Waals surface area contributed by atoms with Crippen LogP contribution in [0.1, 0.15) is 38.8 Å². The zero-order valence-electron chi connectivity index (χ0n) is 22.0. The summed E-state index contributed by atoms with van der Waals surface area (Å²) in [5, 5.41) is 11.3. The summed E-state index contributed by atoms with van der Waals surface area (Å²) < 4.78 is 21.0. The lowest BCUT2D eigenvalue weighted by molar-refractivity contribution is -0.140. The van der Waals surface area contributed by atoms with E-state index >= 15 is 0 Å². The summed E-state index contributed by atoms with van der Waals surface area (Å²) in [5.74, 6) is -0.706. The highest BCUT2D eigenvalue weighted by molar-refractivity contribution is 7.98. The van der Waals surface area contributed by atoms with Gasteiger partial charge in [-0.2, -0.15) is 11.8 Å². The lowest BCUT2D eigenvalue weighted by Gasteiger charge is -2.24. The average molecular weight is 527 g/mol. The van der Waals surface area contributed by atoms with Crippen LogP contribution < -0.4 is 0 Å². The van der Waals surface area contributed by atoms with Crippen LogP contribution in [0.15, 0.2) is 83.3 Å². The Morgan fingerprint density at radius 3 is 2.39 bits per heavy atom. The number of carbonyl (C=O) groups is 1. The third kappa shape index (κ3) is 5.08. The molecule has 0 amide bonds. The van der Waals surface area contributed by atoms with E-state index in [1.54, 1.807) is 6.92 Å². The number of hydrogen-bond acceptors (Lipinski definition) is 3. The Kier molecular flexibility index (Phi) is 7.06. The van der Waals surface area contributed by atoms with Gasteiger partial charge in [0.05, 0.1) is 5.92 Å². The maximum absolute atomic E-state index is 14.6. The van der Waals surface area contributed by atoms with Gasteiger partial charge in [0.15, 0.2) is 0 Å². The monoisotopic (exact) mass is 526 g/mol. The first-order chi connectivity index (χ1) is 18.1. The Balaban J connectivity index is 1.55. The van der Waals surface area contributed by atoms with Crippen molar-refractivity contribution in [2.45, 2.75) is 38.9 Å². The van der Waals surface area contributed by atoms with Gasteiger partial charge in [0, 0.05) is 27.8 Å². The molecule has 0 saturated heterocycles. The largest absolute Gasteiger partial charge is 0.481 e. The number of aliphatic carboxylic acids is 1. The minimum absolute atomic E-state index is 0.148. The zero-order valence-corrected chi connectivity index (χ0v) is 22.9. The second-order valence-electron chi connectivity index (χ2n) is 10.9. The zero-order chi connectivity index (χ0) is 27.0. The fourth-order valence-corrected chi connectivity index (χ4v) is 5.88. The van der Waals surface area contributed by atoms with E-state index in [4.69, 9.17) is 9.52 Å². The van der Waals surface area contributed by atoms with Crippen molar-refractivity contribution in [2.24, 2.45) is 5.92 Å². The first-order valence-electron chi connectivity index (χ1n) is 12.8. The quantitative estimate of drug-likeness (QED) is 0.230. The highest BCUT2D eigenvalue weighted by Crippen LogP contribution is 2.41. The molecule has 1 aromatic heterocycles. The molecule has 0 spiro atoms. The van der Waals surface area contributed by atoms with Crippen LogP contribution in [0.25, 0.3) is 44.2 Å². The van der Waals surface area contributed by atoms with Crippen molar-refractivity contribution in [1.82, 2.24) is 0 Å². The van der Waals surface area contributed by atoms with Gasteiger partial charge in [-0.3, -0.25) is 4.79 Å². The third-order valence-electron chi connectivity index (χ3n) is 6.95. The van der Waals surface area contributed by atoms with Gasteiger partial charge in [-0.05, 0) is 51.4 Å². The molecular weight excluding hydrogens is 495 g/mol. The van der Waals surface area contributed by atoms with Gasteiger partial charge in [0.25, 0.3) is 0 Å². The molecule has 0 saturated carbocycles. The summed E-state index contributed by atoms with van der Waals surface area (Å²) in [6.45, 7) is 8.27. The number of hydrogen-bond donors (Lipinski definition) is 1. The Bertz CT molecular complexity index is 1640. The van der Waals surface area contributed by atoms with Crippen LogP contribution in [0.3, 0.4) is 0 Å². The van der Waals surface area contributed by atoms with Gasteiger partial charge in [0.2, 0.25) is 0 Å². The Hall–Kier alpha value is -3.57. The number of benzene rings is 4. The number of halogens is 1. The molecule has 3 nitrogen and oxygen atoms in total. The van der Waals surface area contributed by atoms with Crippen molar-refractivity contribution in [2.75, 3.05) is 5.75 Å². The predicted molar refractivity (Wildman–Crippen MR) is 156 cm³/mol. The van der Waals surface area contributed by atoms with Crippen molar-refractivity contribution in [3.63, 3.8) is 0 Å². The van der Waals surface area contributed by atoms with Gasteiger partial charge in [-0.25, -0.2) is 4.39 Å². The van der Waals surface area contributed by atoms with Crippen LogP contribution in [-0.4, -0.2) is 16.8 Å². The molecule has 1 N–H and O–H groups in total. The van der Waals surface area contributed by atoms with Crippen LogP contribution in [0.4, 0.5) is 4.39 Å². The molecule has 0 aliphatic carbocycles. The molecule has 1 atom stereocenters. The van der Waals surface area contributed by atoms with Crippen LogP contribution in [0.2, 0.25) is 0 Å². The van der Waals surface area contributed by atoms with Crippen LogP contribution in [-0.2, 0) is 16.0 Å². The molecule has 0 bridgehead atoms. The lowest BCUT2D eigenvalue weighted by Crippen LogP contribution is -2.13. The maximum atomic E-state index is 14.6. The Morgan fingerprint density at radius 2 is 1.63 bits per heavy atom. The van der Waals surface area contributed by atoms with Gasteiger partial charge in [-0.15, -0.1) is 0 Å². The van der Waals surface area contributed by atoms with E-state index in [1.165, 1.54) is 23.4 Å². The molecule has 194 valence electrons. The molecule has 38 heavy (non-hydrogen) atoms. The third-order valence-corrected chi connectivity index (χ3v) is 8.20. The van der Waals surface area contributed by atoms with Gasteiger partial charge >= 0.3 is 5.97 Å². The van der Waals surface area contributed by atoms with E-state index in [-0.39, 0.29) is 11.2 Å². The number of furan rings is 1. The summed E-state index contributed by atoms with van der Waals surface area (Å²) in [6, 6.07) is 26.0. The molecule has 0 radical (unpaired) electrons. The fraction of sp³-hybridized carbons (Fsp3) is 0.242. The summed E-state index contributed by atoms with van der Waals surface area (Å²) in [7, 11) is 0. The van der Waals surface area contributed by atoms with E-state index in [1.807, 2.05) is 30.3 Å². The standard InChI is InChI=1S/C33H31FO3S/c1-20(32(35)36)18-38-19-23-16-21(13-15-29(23)34)22-12-14-24(28(17-22)33(2,3)4)26-9-7-10-27-25-8-5-6-11-30(25)37-31(26)27/h5-17,20H,18-19H2,1-4H3,(H,35,36). The van der Waals surface area contributed by atoms with E-state index in [2.05, 4.69) is 63.2 Å². The molecule has 0 aliphatic rings. The van der Waals surface area contributed by atoms with Gasteiger partial charge < -0.3 is 9.52 Å². The Morgan fingerprint density at radius 1 is 0.921 bits per heavy atom. The highest BCUT2D eigenvalue weighted by Gasteiger charge is 2.22. The number of para-hydroxylation sites is 2. The first-order valence-corrected chi connectivity index (χ1v) is 13.9. The maximum Gasteiger partial charge on any atom is 0.307 e. The van der Waals surface area contributed by atoms with Crippen molar-refractivity contribution in [1.29, 1.82) is 0 Å². The Labute approximate surface area is 226 Å². The topological polar surface area (TPSA) is 50.4 Å². The highest BCUT2D eigenvalue weighted by atomic mass is 32.2. The molecule has 5 aromatic rings. The molecular formula is C33H31FO3S. The second kappa shape index (κ2) is 10.3. The number of carboxylic acid groups (broad SMARTS) is 1. The number of carboxylic acids is 1. The minimum Gasteiger partial charge on any atom is -0.481 e. The second-order valence-corrected chi connectivity index (χ2v) is 11.9. The first kappa shape index (κ1) is 26.1. The molecule has 1 heterocycles.